The van der Waals surface area contributed by atoms with Gasteiger partial charge in [-0.3, -0.25) is 4.90 Å². The van der Waals surface area contributed by atoms with Gasteiger partial charge in [-0.15, -0.1) is 0 Å². The zero-order valence-electron chi connectivity index (χ0n) is 12.6. The van der Waals surface area contributed by atoms with Crippen LogP contribution in [0.2, 0.25) is 0 Å². The van der Waals surface area contributed by atoms with Crippen molar-refractivity contribution in [1.29, 1.82) is 0 Å². The van der Waals surface area contributed by atoms with Gasteiger partial charge in [0, 0.05) is 32.8 Å². The molecule has 0 aliphatic carbocycles. The van der Waals surface area contributed by atoms with Crippen molar-refractivity contribution >= 4 is 0 Å². The molecule has 4 heteroatoms. The molecule has 0 radical (unpaired) electrons. The van der Waals surface area contributed by atoms with Crippen LogP contribution in [-0.4, -0.2) is 55.2 Å². The van der Waals surface area contributed by atoms with Crippen LogP contribution in [0.1, 0.15) is 24.8 Å². The van der Waals surface area contributed by atoms with Gasteiger partial charge >= 0.3 is 0 Å². The maximum absolute atomic E-state index is 13.3. The first-order valence-electron chi connectivity index (χ1n) is 8.10. The molecule has 3 nitrogen and oxygen atoms in total. The molecule has 1 aromatic rings. The van der Waals surface area contributed by atoms with Gasteiger partial charge < -0.3 is 9.64 Å². The summed E-state index contributed by atoms with van der Waals surface area (Å²) in [6.07, 6.45) is 3.99. The van der Waals surface area contributed by atoms with E-state index < -0.39 is 0 Å². The third kappa shape index (κ3) is 4.50. The van der Waals surface area contributed by atoms with Crippen LogP contribution in [0.4, 0.5) is 4.39 Å². The molecule has 0 bridgehead atoms. The smallest absolute Gasteiger partial charge is 0.123 e. The average Bonchev–Trinajstić information content (AvgIpc) is 2.86. The van der Waals surface area contributed by atoms with E-state index in [1.54, 1.807) is 12.1 Å². The predicted molar refractivity (Wildman–Crippen MR) is 81.7 cm³/mol. The first kappa shape index (κ1) is 14.9. The van der Waals surface area contributed by atoms with Crippen LogP contribution < -0.4 is 0 Å². The van der Waals surface area contributed by atoms with Crippen molar-refractivity contribution in [2.45, 2.75) is 31.9 Å². The molecule has 0 unspecified atom stereocenters. The van der Waals surface area contributed by atoms with Crippen LogP contribution in [0.3, 0.4) is 0 Å². The number of hydrogen-bond acceptors (Lipinski definition) is 3. The lowest BCUT2D eigenvalue weighted by atomic mass is 10.2. The van der Waals surface area contributed by atoms with Crippen LogP contribution in [0.5, 0.6) is 0 Å². The van der Waals surface area contributed by atoms with E-state index in [9.17, 15) is 4.39 Å². The lowest BCUT2D eigenvalue weighted by Gasteiger charge is -2.27. The summed E-state index contributed by atoms with van der Waals surface area (Å²) in [5.41, 5.74) is 1.05. The summed E-state index contributed by atoms with van der Waals surface area (Å²) in [4.78, 5) is 4.92. The molecule has 21 heavy (non-hydrogen) atoms. The molecule has 0 saturated carbocycles. The summed E-state index contributed by atoms with van der Waals surface area (Å²) in [5, 5.41) is 0. The Morgan fingerprint density at radius 1 is 1.10 bits per heavy atom. The molecule has 2 heterocycles. The van der Waals surface area contributed by atoms with Crippen LogP contribution in [0.15, 0.2) is 24.3 Å². The van der Waals surface area contributed by atoms with E-state index in [1.807, 2.05) is 6.07 Å². The molecule has 2 fully saturated rings. The maximum atomic E-state index is 13.3. The van der Waals surface area contributed by atoms with Crippen molar-refractivity contribution in [1.82, 2.24) is 9.80 Å². The van der Waals surface area contributed by atoms with Crippen LogP contribution >= 0.6 is 0 Å². The second kappa shape index (κ2) is 7.34. The molecule has 1 aromatic carbocycles. The largest absolute Gasteiger partial charge is 0.376 e. The fraction of sp³-hybridized carbons (Fsp3) is 0.647. The van der Waals surface area contributed by atoms with Gasteiger partial charge in [0.05, 0.1) is 6.10 Å². The molecule has 0 aromatic heterocycles. The van der Waals surface area contributed by atoms with E-state index in [1.165, 1.54) is 32.0 Å². The van der Waals surface area contributed by atoms with Crippen LogP contribution in [0.25, 0.3) is 0 Å². The van der Waals surface area contributed by atoms with Crippen molar-refractivity contribution in [3.63, 3.8) is 0 Å². The summed E-state index contributed by atoms with van der Waals surface area (Å²) in [6.45, 7) is 7.11. The summed E-state index contributed by atoms with van der Waals surface area (Å²) >= 11 is 0. The minimum absolute atomic E-state index is 0.146. The third-order valence-electron chi connectivity index (χ3n) is 4.39. The Morgan fingerprint density at radius 3 is 2.71 bits per heavy atom. The molecule has 2 aliphatic heterocycles. The quantitative estimate of drug-likeness (QED) is 0.848. The topological polar surface area (TPSA) is 15.7 Å². The van der Waals surface area contributed by atoms with Crippen molar-refractivity contribution in [2.24, 2.45) is 0 Å². The number of benzene rings is 1. The van der Waals surface area contributed by atoms with E-state index >= 15 is 0 Å². The maximum Gasteiger partial charge on any atom is 0.123 e. The van der Waals surface area contributed by atoms with Gasteiger partial charge in [0.15, 0.2) is 0 Å². The second-order valence-electron chi connectivity index (χ2n) is 6.22. The Labute approximate surface area is 126 Å². The molecule has 0 spiro atoms. The highest BCUT2D eigenvalue weighted by atomic mass is 19.1. The van der Waals surface area contributed by atoms with Gasteiger partial charge in [0.1, 0.15) is 5.82 Å². The molecule has 2 saturated heterocycles. The number of halogens is 1. The van der Waals surface area contributed by atoms with Gasteiger partial charge in [-0.25, -0.2) is 4.39 Å². The van der Waals surface area contributed by atoms with Crippen molar-refractivity contribution in [3.8, 4) is 0 Å². The Bertz CT molecular complexity index is 448. The molecule has 1 atom stereocenters. The van der Waals surface area contributed by atoms with Gasteiger partial charge in [0.25, 0.3) is 0 Å². The van der Waals surface area contributed by atoms with E-state index in [4.69, 9.17) is 4.74 Å². The highest BCUT2D eigenvalue weighted by Crippen LogP contribution is 2.15. The fourth-order valence-corrected chi connectivity index (χ4v) is 3.37. The number of ether oxygens (including phenoxy) is 1. The molecule has 2 aliphatic rings. The Morgan fingerprint density at radius 2 is 1.90 bits per heavy atom. The molecule has 0 N–H and O–H groups in total. The predicted octanol–water partition coefficient (Wildman–Crippen LogP) is 2.51. The summed E-state index contributed by atoms with van der Waals surface area (Å²) < 4.78 is 19.3. The summed E-state index contributed by atoms with van der Waals surface area (Å²) in [6, 6.07) is 6.94. The van der Waals surface area contributed by atoms with Crippen molar-refractivity contribution < 1.29 is 9.13 Å². The lowest BCUT2D eigenvalue weighted by molar-refractivity contribution is 0.0308. The van der Waals surface area contributed by atoms with E-state index in [-0.39, 0.29) is 5.82 Å². The highest BCUT2D eigenvalue weighted by molar-refractivity contribution is 5.16. The number of rotatable bonds is 4. The monoisotopic (exact) mass is 292 g/mol. The number of hydrogen-bond donors (Lipinski definition) is 0. The van der Waals surface area contributed by atoms with Crippen LogP contribution in [-0.2, 0) is 11.3 Å². The molecular formula is C17H25FN2O. The highest BCUT2D eigenvalue weighted by Gasteiger charge is 2.22. The molecule has 3 rings (SSSR count). The van der Waals surface area contributed by atoms with E-state index in [0.717, 1.165) is 44.8 Å². The Balaban J connectivity index is 1.56. The lowest BCUT2D eigenvalue weighted by Crippen LogP contribution is -2.39. The number of likely N-dealkylation sites (tertiary alicyclic amines) is 1. The Kier molecular flexibility index (Phi) is 5.22. The normalized spacial score (nSPS) is 25.1. The van der Waals surface area contributed by atoms with Gasteiger partial charge in [0.2, 0.25) is 0 Å². The van der Waals surface area contributed by atoms with Crippen molar-refractivity contribution in [3.05, 3.63) is 35.6 Å². The SMILES string of the molecule is Fc1cccc(CN2CCCO[C@@H](CN3CCCC3)C2)c1. The molecule has 0 amide bonds. The summed E-state index contributed by atoms with van der Waals surface area (Å²) in [5.74, 6) is -0.146. The van der Waals surface area contributed by atoms with Crippen LogP contribution in [0, 0.1) is 5.82 Å². The fourth-order valence-electron chi connectivity index (χ4n) is 3.37. The van der Waals surface area contributed by atoms with Gasteiger partial charge in [-0.1, -0.05) is 12.1 Å². The summed E-state index contributed by atoms with van der Waals surface area (Å²) in [7, 11) is 0. The minimum atomic E-state index is -0.146. The van der Waals surface area contributed by atoms with Gasteiger partial charge in [-0.05, 0) is 50.0 Å². The molecule has 116 valence electrons. The second-order valence-corrected chi connectivity index (χ2v) is 6.22. The zero-order chi connectivity index (χ0) is 14.5. The third-order valence-corrected chi connectivity index (χ3v) is 4.39. The first-order chi connectivity index (χ1) is 10.3. The minimum Gasteiger partial charge on any atom is -0.376 e. The van der Waals surface area contributed by atoms with E-state index in [0.29, 0.717) is 6.10 Å². The standard InChI is InChI=1S/C17H25FN2O/c18-16-6-3-5-15(11-16)12-20-9-4-10-21-17(14-20)13-19-7-1-2-8-19/h3,5-6,11,17H,1-2,4,7-10,12-14H2/t17-/m0/s1. The zero-order valence-corrected chi connectivity index (χ0v) is 12.6. The Hall–Kier alpha value is -0.970. The average molecular weight is 292 g/mol. The first-order valence-corrected chi connectivity index (χ1v) is 8.10. The molecular weight excluding hydrogens is 267 g/mol. The van der Waals surface area contributed by atoms with E-state index in [2.05, 4.69) is 9.80 Å². The van der Waals surface area contributed by atoms with Crippen molar-refractivity contribution in [2.75, 3.05) is 39.3 Å². The van der Waals surface area contributed by atoms with Gasteiger partial charge in [-0.2, -0.15) is 0 Å². The number of nitrogens with zero attached hydrogens (tertiary/aromatic N) is 2.